The molecule has 1 aliphatic rings. The Balaban J connectivity index is 1.74. The molecule has 0 aliphatic heterocycles. The van der Waals surface area contributed by atoms with Crippen LogP contribution in [0.4, 0.5) is 4.79 Å². The van der Waals surface area contributed by atoms with E-state index in [1.807, 2.05) is 19.2 Å². The van der Waals surface area contributed by atoms with Gasteiger partial charge in [0.1, 0.15) is 0 Å². The number of carbonyl (C=O) groups is 2. The average Bonchev–Trinajstić information content (AvgIpc) is 2.91. The van der Waals surface area contributed by atoms with Gasteiger partial charge in [0.25, 0.3) is 0 Å². The monoisotopic (exact) mass is 294 g/mol. The molecule has 116 valence electrons. The summed E-state index contributed by atoms with van der Waals surface area (Å²) < 4.78 is 1.76. The average molecular weight is 294 g/mol. The number of aliphatic carboxylic acids is 1. The van der Waals surface area contributed by atoms with Crippen LogP contribution in [0.5, 0.6) is 0 Å². The minimum absolute atomic E-state index is 0.0521. The van der Waals surface area contributed by atoms with E-state index < -0.39 is 5.97 Å². The summed E-state index contributed by atoms with van der Waals surface area (Å²) >= 11 is 0. The SMILES string of the molecule is CC(Cn1cccn1)NC(=O)NC1CCCC(C(=O)O)C1. The van der Waals surface area contributed by atoms with Gasteiger partial charge in [-0.25, -0.2) is 4.79 Å². The van der Waals surface area contributed by atoms with Gasteiger partial charge in [-0.3, -0.25) is 9.48 Å². The van der Waals surface area contributed by atoms with Gasteiger partial charge >= 0.3 is 12.0 Å². The van der Waals surface area contributed by atoms with Gasteiger partial charge in [0.2, 0.25) is 0 Å². The van der Waals surface area contributed by atoms with E-state index in [-0.39, 0.29) is 24.0 Å². The van der Waals surface area contributed by atoms with Crippen molar-refractivity contribution in [2.45, 2.75) is 51.2 Å². The fourth-order valence-corrected chi connectivity index (χ4v) is 2.73. The third-order valence-electron chi connectivity index (χ3n) is 3.76. The van der Waals surface area contributed by atoms with Gasteiger partial charge in [-0.2, -0.15) is 5.10 Å². The predicted molar refractivity (Wildman–Crippen MR) is 76.7 cm³/mol. The first-order valence-corrected chi connectivity index (χ1v) is 7.32. The van der Waals surface area contributed by atoms with Crippen LogP contribution < -0.4 is 10.6 Å². The van der Waals surface area contributed by atoms with E-state index in [1.165, 1.54) is 0 Å². The zero-order chi connectivity index (χ0) is 15.2. The minimum atomic E-state index is -0.769. The molecular formula is C14H22N4O3. The summed E-state index contributed by atoms with van der Waals surface area (Å²) in [5.41, 5.74) is 0. The molecule has 3 unspecified atom stereocenters. The lowest BCUT2D eigenvalue weighted by Crippen LogP contribution is -2.48. The molecule has 7 nitrogen and oxygen atoms in total. The lowest BCUT2D eigenvalue weighted by molar-refractivity contribution is -0.143. The van der Waals surface area contributed by atoms with Crippen LogP contribution >= 0.6 is 0 Å². The highest BCUT2D eigenvalue weighted by Crippen LogP contribution is 2.24. The molecule has 21 heavy (non-hydrogen) atoms. The molecule has 3 N–H and O–H groups in total. The molecule has 3 atom stereocenters. The molecule has 0 saturated heterocycles. The van der Waals surface area contributed by atoms with E-state index >= 15 is 0 Å². The molecule has 0 radical (unpaired) electrons. The van der Waals surface area contributed by atoms with Crippen LogP contribution in [0.3, 0.4) is 0 Å². The van der Waals surface area contributed by atoms with Crippen molar-refractivity contribution < 1.29 is 14.7 Å². The molecule has 1 aliphatic carbocycles. The maximum absolute atomic E-state index is 11.9. The Morgan fingerprint density at radius 2 is 2.29 bits per heavy atom. The summed E-state index contributed by atoms with van der Waals surface area (Å²) in [6.07, 6.45) is 6.42. The third kappa shape index (κ3) is 4.77. The Labute approximate surface area is 123 Å². The highest BCUT2D eigenvalue weighted by atomic mass is 16.4. The van der Waals surface area contributed by atoms with Gasteiger partial charge in [-0.1, -0.05) is 6.42 Å². The van der Waals surface area contributed by atoms with Gasteiger partial charge in [0.05, 0.1) is 12.5 Å². The van der Waals surface area contributed by atoms with Crippen LogP contribution in [-0.2, 0) is 11.3 Å². The van der Waals surface area contributed by atoms with Crippen LogP contribution in [0.25, 0.3) is 0 Å². The van der Waals surface area contributed by atoms with Crippen molar-refractivity contribution in [3.05, 3.63) is 18.5 Å². The number of amides is 2. The van der Waals surface area contributed by atoms with Crippen LogP contribution in [0.1, 0.15) is 32.6 Å². The molecule has 7 heteroatoms. The largest absolute Gasteiger partial charge is 0.481 e. The second-order valence-electron chi connectivity index (χ2n) is 5.65. The second kappa shape index (κ2) is 7.10. The summed E-state index contributed by atoms with van der Waals surface area (Å²) in [4.78, 5) is 22.9. The summed E-state index contributed by atoms with van der Waals surface area (Å²) in [5.74, 6) is -1.11. The Bertz CT molecular complexity index is 475. The third-order valence-corrected chi connectivity index (χ3v) is 3.76. The van der Waals surface area contributed by atoms with Crippen molar-refractivity contribution in [3.63, 3.8) is 0 Å². The van der Waals surface area contributed by atoms with Crippen molar-refractivity contribution in [3.8, 4) is 0 Å². The maximum Gasteiger partial charge on any atom is 0.315 e. The summed E-state index contributed by atoms with van der Waals surface area (Å²) in [5, 5.41) is 18.9. The normalized spacial score (nSPS) is 23.3. The van der Waals surface area contributed by atoms with Crippen molar-refractivity contribution in [1.82, 2.24) is 20.4 Å². The van der Waals surface area contributed by atoms with Gasteiger partial charge in [-0.15, -0.1) is 0 Å². The van der Waals surface area contributed by atoms with Gasteiger partial charge in [-0.05, 0) is 32.3 Å². The van der Waals surface area contributed by atoms with E-state index in [0.717, 1.165) is 12.8 Å². The second-order valence-corrected chi connectivity index (χ2v) is 5.65. The van der Waals surface area contributed by atoms with Gasteiger partial charge in [0.15, 0.2) is 0 Å². The first-order chi connectivity index (χ1) is 10.0. The zero-order valence-electron chi connectivity index (χ0n) is 12.2. The number of urea groups is 1. The lowest BCUT2D eigenvalue weighted by atomic mass is 9.86. The van der Waals surface area contributed by atoms with E-state index in [0.29, 0.717) is 19.4 Å². The molecule has 0 bridgehead atoms. The standard InChI is InChI=1S/C14H22N4O3/c1-10(9-18-7-3-6-15-18)16-14(21)17-12-5-2-4-11(8-12)13(19)20/h3,6-7,10-12H,2,4-5,8-9H2,1H3,(H,19,20)(H2,16,17,21). The first kappa shape index (κ1) is 15.3. The number of nitrogens with zero attached hydrogens (tertiary/aromatic N) is 2. The van der Waals surface area contributed by atoms with Crippen LogP contribution in [0.15, 0.2) is 18.5 Å². The van der Waals surface area contributed by atoms with Crippen molar-refractivity contribution in [1.29, 1.82) is 0 Å². The van der Waals surface area contributed by atoms with Crippen molar-refractivity contribution in [2.24, 2.45) is 5.92 Å². The van der Waals surface area contributed by atoms with E-state index in [2.05, 4.69) is 15.7 Å². The molecular weight excluding hydrogens is 272 g/mol. The summed E-state index contributed by atoms with van der Waals surface area (Å²) in [6.45, 7) is 2.50. The van der Waals surface area contributed by atoms with E-state index in [4.69, 9.17) is 5.11 Å². The number of aromatic nitrogens is 2. The van der Waals surface area contributed by atoms with E-state index in [9.17, 15) is 9.59 Å². The maximum atomic E-state index is 11.9. The first-order valence-electron chi connectivity index (χ1n) is 7.32. The number of hydrogen-bond donors (Lipinski definition) is 3. The molecule has 0 aromatic carbocycles. The number of nitrogens with one attached hydrogen (secondary N) is 2. The predicted octanol–water partition coefficient (Wildman–Crippen LogP) is 1.21. The Hall–Kier alpha value is -2.05. The summed E-state index contributed by atoms with van der Waals surface area (Å²) in [7, 11) is 0. The zero-order valence-corrected chi connectivity index (χ0v) is 12.2. The van der Waals surface area contributed by atoms with Crippen molar-refractivity contribution in [2.75, 3.05) is 0 Å². The fourth-order valence-electron chi connectivity index (χ4n) is 2.73. The number of hydrogen-bond acceptors (Lipinski definition) is 3. The molecule has 1 fully saturated rings. The Kier molecular flexibility index (Phi) is 5.19. The fraction of sp³-hybridized carbons (Fsp3) is 0.643. The highest BCUT2D eigenvalue weighted by Gasteiger charge is 2.27. The van der Waals surface area contributed by atoms with Gasteiger partial charge < -0.3 is 15.7 Å². The van der Waals surface area contributed by atoms with Crippen LogP contribution in [0.2, 0.25) is 0 Å². The summed E-state index contributed by atoms with van der Waals surface area (Å²) in [6, 6.07) is 1.48. The number of carbonyl (C=O) groups excluding carboxylic acids is 1. The molecule has 1 aromatic heterocycles. The topological polar surface area (TPSA) is 96.3 Å². The number of rotatable bonds is 5. The molecule has 1 saturated carbocycles. The highest BCUT2D eigenvalue weighted by molar-refractivity contribution is 5.75. The van der Waals surface area contributed by atoms with E-state index in [1.54, 1.807) is 10.9 Å². The Morgan fingerprint density at radius 1 is 1.48 bits per heavy atom. The number of carboxylic acid groups (broad SMARTS) is 1. The molecule has 2 rings (SSSR count). The molecule has 0 spiro atoms. The molecule has 1 heterocycles. The van der Waals surface area contributed by atoms with Crippen molar-refractivity contribution >= 4 is 12.0 Å². The van der Waals surface area contributed by atoms with Crippen LogP contribution in [0, 0.1) is 5.92 Å². The lowest BCUT2D eigenvalue weighted by Gasteiger charge is -2.28. The number of carboxylic acids is 1. The minimum Gasteiger partial charge on any atom is -0.481 e. The smallest absolute Gasteiger partial charge is 0.315 e. The molecule has 2 amide bonds. The Morgan fingerprint density at radius 3 is 2.95 bits per heavy atom. The quantitative estimate of drug-likeness (QED) is 0.760. The van der Waals surface area contributed by atoms with Gasteiger partial charge in [0, 0.05) is 24.5 Å². The van der Waals surface area contributed by atoms with Crippen LogP contribution in [-0.4, -0.2) is 39.0 Å². The molecule has 1 aromatic rings.